The van der Waals surface area contributed by atoms with Gasteiger partial charge in [-0.1, -0.05) is 145 Å². The zero-order valence-corrected chi connectivity index (χ0v) is 28.2. The molecule has 0 bridgehead atoms. The SMILES string of the molecule is C=N.CN=C(/C=C(\c1ccccc1)c1cccc(C)c1)c1ccc2c(c1)oc1ccccc12.NCc1ccccc1.NCc1ccccc1. The molecule has 5 heteroatoms. The number of nitrogens with zero attached hydrogens (tertiary/aromatic N) is 1. The van der Waals surface area contributed by atoms with Crippen LogP contribution in [0.5, 0.6) is 0 Å². The van der Waals surface area contributed by atoms with Crippen LogP contribution in [0.1, 0.15) is 33.4 Å². The van der Waals surface area contributed by atoms with E-state index in [0.29, 0.717) is 13.1 Å². The summed E-state index contributed by atoms with van der Waals surface area (Å²) in [6.07, 6.45) is 2.17. The number of aliphatic imine (C=N–C) groups is 1. The third kappa shape index (κ3) is 10.1. The summed E-state index contributed by atoms with van der Waals surface area (Å²) in [7, 11) is 1.84. The van der Waals surface area contributed by atoms with Crippen molar-refractivity contribution in [1.82, 2.24) is 0 Å². The van der Waals surface area contributed by atoms with E-state index in [9.17, 15) is 0 Å². The van der Waals surface area contributed by atoms with Crippen molar-refractivity contribution in [3.63, 3.8) is 0 Å². The average Bonchev–Trinajstić information content (AvgIpc) is 3.55. The topological polar surface area (TPSA) is 101 Å². The number of benzene rings is 6. The minimum Gasteiger partial charge on any atom is -0.456 e. The lowest BCUT2D eigenvalue weighted by molar-refractivity contribution is 0.669. The Morgan fingerprint density at radius 2 is 1.12 bits per heavy atom. The van der Waals surface area contributed by atoms with Crippen molar-refractivity contribution in [2.24, 2.45) is 16.5 Å². The zero-order chi connectivity index (χ0) is 34.8. The van der Waals surface area contributed by atoms with Gasteiger partial charge in [0.25, 0.3) is 0 Å². The van der Waals surface area contributed by atoms with Crippen molar-refractivity contribution in [3.8, 4) is 0 Å². The second kappa shape index (κ2) is 19.1. The maximum Gasteiger partial charge on any atom is 0.136 e. The van der Waals surface area contributed by atoms with E-state index in [1.165, 1.54) is 27.8 Å². The molecule has 0 saturated carbocycles. The van der Waals surface area contributed by atoms with Crippen molar-refractivity contribution < 1.29 is 4.42 Å². The van der Waals surface area contributed by atoms with Gasteiger partial charge in [0.05, 0.1) is 5.71 Å². The number of hydrogen-bond donors (Lipinski definition) is 3. The molecule has 0 atom stereocenters. The number of nitrogens with one attached hydrogen (secondary N) is 1. The number of hydrogen-bond acceptors (Lipinski definition) is 5. The van der Waals surface area contributed by atoms with Crippen LogP contribution >= 0.6 is 0 Å². The summed E-state index contributed by atoms with van der Waals surface area (Å²) < 4.78 is 6.10. The summed E-state index contributed by atoms with van der Waals surface area (Å²) in [5.41, 5.74) is 21.5. The average molecular weight is 645 g/mol. The minimum absolute atomic E-state index is 0.640. The number of furan rings is 1. The van der Waals surface area contributed by atoms with Crippen LogP contribution in [0.15, 0.2) is 173 Å². The van der Waals surface area contributed by atoms with Crippen LogP contribution in [0, 0.1) is 12.3 Å². The van der Waals surface area contributed by atoms with Crippen LogP contribution in [0.2, 0.25) is 0 Å². The molecule has 246 valence electrons. The highest BCUT2D eigenvalue weighted by atomic mass is 16.3. The second-order valence-corrected chi connectivity index (χ2v) is 11.1. The van der Waals surface area contributed by atoms with E-state index < -0.39 is 0 Å². The molecule has 0 amide bonds. The molecule has 0 fully saturated rings. The van der Waals surface area contributed by atoms with Crippen molar-refractivity contribution in [1.29, 1.82) is 5.41 Å². The van der Waals surface area contributed by atoms with Crippen molar-refractivity contribution >= 4 is 39.9 Å². The summed E-state index contributed by atoms with van der Waals surface area (Å²) in [5.74, 6) is 0. The lowest BCUT2D eigenvalue weighted by Crippen LogP contribution is -2.00. The largest absolute Gasteiger partial charge is 0.456 e. The number of aryl methyl sites for hydroxylation is 1. The molecular weight excluding hydrogens is 601 g/mol. The lowest BCUT2D eigenvalue weighted by Gasteiger charge is -2.11. The van der Waals surface area contributed by atoms with Gasteiger partial charge in [0.15, 0.2) is 0 Å². The molecule has 0 aliphatic heterocycles. The fraction of sp³-hybridized carbons (Fsp3) is 0.0909. The molecule has 0 spiro atoms. The van der Waals surface area contributed by atoms with E-state index in [2.05, 4.69) is 97.5 Å². The van der Waals surface area contributed by atoms with E-state index >= 15 is 0 Å². The Labute approximate surface area is 289 Å². The van der Waals surface area contributed by atoms with Crippen molar-refractivity contribution in [2.45, 2.75) is 20.0 Å². The fourth-order valence-corrected chi connectivity index (χ4v) is 5.29. The summed E-state index contributed by atoms with van der Waals surface area (Å²) in [6.45, 7) is 5.90. The normalized spacial score (nSPS) is 11.0. The second-order valence-electron chi connectivity index (χ2n) is 11.1. The molecular formula is C44H44N4O. The highest BCUT2D eigenvalue weighted by Gasteiger charge is 2.12. The van der Waals surface area contributed by atoms with Crippen LogP contribution in [-0.2, 0) is 13.1 Å². The van der Waals surface area contributed by atoms with E-state index in [0.717, 1.165) is 38.8 Å². The van der Waals surface area contributed by atoms with Gasteiger partial charge < -0.3 is 21.3 Å². The zero-order valence-electron chi connectivity index (χ0n) is 28.2. The Hall–Kier alpha value is -5.88. The predicted molar refractivity (Wildman–Crippen MR) is 209 cm³/mol. The highest BCUT2D eigenvalue weighted by Crippen LogP contribution is 2.30. The molecule has 1 aromatic heterocycles. The molecule has 0 radical (unpaired) electrons. The van der Waals surface area contributed by atoms with Gasteiger partial charge in [-0.25, -0.2) is 0 Å². The molecule has 0 unspecified atom stereocenters. The van der Waals surface area contributed by atoms with Crippen LogP contribution in [0.25, 0.3) is 27.5 Å². The van der Waals surface area contributed by atoms with E-state index in [4.69, 9.17) is 21.3 Å². The van der Waals surface area contributed by atoms with Gasteiger partial charge in [-0.05, 0) is 65.7 Å². The smallest absolute Gasteiger partial charge is 0.136 e. The number of allylic oxidation sites excluding steroid dienone is 1. The van der Waals surface area contributed by atoms with Gasteiger partial charge >= 0.3 is 0 Å². The first-order valence-electron chi connectivity index (χ1n) is 16.2. The summed E-state index contributed by atoms with van der Waals surface area (Å²) in [6, 6.07) is 53.5. The van der Waals surface area contributed by atoms with E-state index in [-0.39, 0.29) is 0 Å². The van der Waals surface area contributed by atoms with Gasteiger partial charge in [0.2, 0.25) is 0 Å². The van der Waals surface area contributed by atoms with Gasteiger partial charge in [0, 0.05) is 36.5 Å². The Bertz CT molecular complexity index is 2040. The van der Waals surface area contributed by atoms with Crippen molar-refractivity contribution in [2.75, 3.05) is 7.05 Å². The fourth-order valence-electron chi connectivity index (χ4n) is 5.29. The predicted octanol–water partition coefficient (Wildman–Crippen LogP) is 10.0. The van der Waals surface area contributed by atoms with Gasteiger partial charge in [-0.15, -0.1) is 0 Å². The summed E-state index contributed by atoms with van der Waals surface area (Å²) >= 11 is 0. The quantitative estimate of drug-likeness (QED) is 0.157. The van der Waals surface area contributed by atoms with Gasteiger partial charge in [-0.3, -0.25) is 4.99 Å². The minimum atomic E-state index is 0.640. The monoisotopic (exact) mass is 644 g/mol. The maximum atomic E-state index is 6.10. The summed E-state index contributed by atoms with van der Waals surface area (Å²) in [4.78, 5) is 4.63. The van der Waals surface area contributed by atoms with Crippen LogP contribution in [-0.4, -0.2) is 19.5 Å². The van der Waals surface area contributed by atoms with Gasteiger partial charge in [0.1, 0.15) is 11.2 Å². The van der Waals surface area contributed by atoms with Crippen LogP contribution in [0.3, 0.4) is 0 Å². The Morgan fingerprint density at radius 3 is 1.67 bits per heavy atom. The molecule has 0 aliphatic rings. The van der Waals surface area contributed by atoms with Crippen LogP contribution < -0.4 is 11.5 Å². The van der Waals surface area contributed by atoms with Crippen LogP contribution in [0.4, 0.5) is 0 Å². The molecule has 49 heavy (non-hydrogen) atoms. The highest BCUT2D eigenvalue weighted by molar-refractivity contribution is 6.16. The molecule has 1 heterocycles. The maximum absolute atomic E-state index is 6.10. The Morgan fingerprint density at radius 1 is 0.592 bits per heavy atom. The first-order valence-corrected chi connectivity index (χ1v) is 16.2. The molecule has 0 aliphatic carbocycles. The molecule has 5 N–H and O–H groups in total. The molecule has 6 aromatic carbocycles. The Kier molecular flexibility index (Phi) is 14.0. The number of fused-ring (bicyclic) bond motifs is 3. The number of nitrogens with two attached hydrogens (primary N) is 2. The molecule has 5 nitrogen and oxygen atoms in total. The first-order chi connectivity index (χ1) is 24.1. The molecule has 7 aromatic rings. The summed E-state index contributed by atoms with van der Waals surface area (Å²) in [5, 5.41) is 7.76. The van der Waals surface area contributed by atoms with Crippen molar-refractivity contribution in [3.05, 3.63) is 197 Å². The third-order valence-corrected chi connectivity index (χ3v) is 7.77. The van der Waals surface area contributed by atoms with E-state index in [1.54, 1.807) is 0 Å². The number of para-hydroxylation sites is 1. The van der Waals surface area contributed by atoms with Gasteiger partial charge in [-0.2, -0.15) is 0 Å². The Balaban J connectivity index is 0.000000245. The molecule has 7 rings (SSSR count). The lowest BCUT2D eigenvalue weighted by atomic mass is 9.94. The van der Waals surface area contributed by atoms with E-state index in [1.807, 2.05) is 92.0 Å². The number of rotatable bonds is 6. The first kappa shape index (κ1) is 36.0. The third-order valence-electron chi connectivity index (χ3n) is 7.77. The molecule has 0 saturated heterocycles. The standard InChI is InChI=1S/C29H23NO.2C7H9N.CH3N/c1-20-9-8-12-22(17-20)26(21-10-4-3-5-11-21)19-27(30-2)23-15-16-25-24-13-6-7-14-28(24)31-29(25)18-23;2*8-6-7-4-2-1-3-5-7;1-2/h3-19H,1-2H3;2*1-5H,6,8H2;2H,1H2/b26-19+,30-27?;;;.